The predicted octanol–water partition coefficient (Wildman–Crippen LogP) is 6.47. The molecule has 3 rings (SSSR count). The minimum absolute atomic E-state index is 0.0281. The number of para-hydroxylation sites is 1. The fourth-order valence-corrected chi connectivity index (χ4v) is 5.63. The van der Waals surface area contributed by atoms with Crippen LogP contribution in [0.2, 0.25) is 0 Å². The molecule has 2 amide bonds. The lowest BCUT2D eigenvalue weighted by atomic mass is 9.63. The van der Waals surface area contributed by atoms with E-state index in [0.29, 0.717) is 17.5 Å². The number of carbonyl (C=O) groups is 2. The van der Waals surface area contributed by atoms with Crippen LogP contribution in [-0.2, 0) is 9.59 Å². The Balaban J connectivity index is 2.10. The molecule has 4 atom stereocenters. The molecule has 0 bridgehead atoms. The molecule has 0 heterocycles. The van der Waals surface area contributed by atoms with Crippen LogP contribution in [0.5, 0.6) is 0 Å². The maximum atomic E-state index is 14.2. The van der Waals surface area contributed by atoms with Gasteiger partial charge in [0.2, 0.25) is 11.8 Å². The summed E-state index contributed by atoms with van der Waals surface area (Å²) < 4.78 is 0. The number of amides is 2. The van der Waals surface area contributed by atoms with Crippen LogP contribution >= 0.6 is 0 Å². The second-order valence-electron chi connectivity index (χ2n) is 11.3. The van der Waals surface area contributed by atoms with Crippen LogP contribution in [-0.4, -0.2) is 11.8 Å². The molecule has 0 N–H and O–H groups in total. The molecule has 2 aliphatic carbocycles. The van der Waals surface area contributed by atoms with E-state index in [1.165, 1.54) is 0 Å². The monoisotopic (exact) mass is 397 g/mol. The van der Waals surface area contributed by atoms with E-state index in [1.54, 1.807) is 4.90 Å². The van der Waals surface area contributed by atoms with Crippen LogP contribution in [0, 0.1) is 33.5 Å². The fraction of sp³-hybridized carbons (Fsp3) is 0.692. The Labute approximate surface area is 177 Å². The highest BCUT2D eigenvalue weighted by Gasteiger charge is 2.60. The third-order valence-electron chi connectivity index (χ3n) is 9.83. The summed E-state index contributed by atoms with van der Waals surface area (Å²) in [6.45, 7) is 17.4. The molecule has 2 saturated carbocycles. The number of hydrogen-bond acceptors (Lipinski definition) is 2. The first-order valence-electron chi connectivity index (χ1n) is 11.2. The van der Waals surface area contributed by atoms with Gasteiger partial charge in [0.1, 0.15) is 0 Å². The molecule has 0 saturated heterocycles. The number of benzene rings is 1. The van der Waals surface area contributed by atoms with Crippen LogP contribution in [0.4, 0.5) is 5.69 Å². The topological polar surface area (TPSA) is 37.4 Å². The summed E-state index contributed by atoms with van der Waals surface area (Å²) in [7, 11) is 0. The van der Waals surface area contributed by atoms with Crippen molar-refractivity contribution >= 4 is 17.5 Å². The lowest BCUT2D eigenvalue weighted by Gasteiger charge is -2.46. The third kappa shape index (κ3) is 2.99. The van der Waals surface area contributed by atoms with Gasteiger partial charge < -0.3 is 0 Å². The molecule has 0 unspecified atom stereocenters. The number of anilines is 1. The molecule has 3 nitrogen and oxygen atoms in total. The summed E-state index contributed by atoms with van der Waals surface area (Å²) in [5, 5.41) is 0. The smallest absolute Gasteiger partial charge is 0.240 e. The van der Waals surface area contributed by atoms with Crippen molar-refractivity contribution in [1.82, 2.24) is 0 Å². The highest BCUT2D eigenvalue weighted by Crippen LogP contribution is 2.59. The van der Waals surface area contributed by atoms with E-state index < -0.39 is 10.8 Å². The van der Waals surface area contributed by atoms with Crippen molar-refractivity contribution in [2.45, 2.75) is 81.1 Å². The predicted molar refractivity (Wildman–Crippen MR) is 120 cm³/mol. The second-order valence-corrected chi connectivity index (χ2v) is 11.3. The normalized spacial score (nSPS) is 35.4. The van der Waals surface area contributed by atoms with Gasteiger partial charge in [0.05, 0.1) is 16.5 Å². The van der Waals surface area contributed by atoms with Gasteiger partial charge in [-0.15, -0.1) is 0 Å². The van der Waals surface area contributed by atoms with Crippen molar-refractivity contribution in [3.8, 4) is 0 Å². The van der Waals surface area contributed by atoms with Gasteiger partial charge in [-0.1, -0.05) is 73.6 Å². The van der Waals surface area contributed by atoms with Gasteiger partial charge in [0.25, 0.3) is 0 Å². The zero-order chi connectivity index (χ0) is 21.8. The van der Waals surface area contributed by atoms with Crippen LogP contribution < -0.4 is 4.90 Å². The number of rotatable bonds is 3. The molecule has 2 aliphatic rings. The van der Waals surface area contributed by atoms with Gasteiger partial charge >= 0.3 is 0 Å². The van der Waals surface area contributed by atoms with Crippen LogP contribution in [0.3, 0.4) is 0 Å². The summed E-state index contributed by atoms with van der Waals surface area (Å²) in [5.41, 5.74) is -0.713. The number of carbonyl (C=O) groups excluding carboxylic acids is 2. The first kappa shape index (κ1) is 22.1. The van der Waals surface area contributed by atoms with Crippen LogP contribution in [0.1, 0.15) is 81.1 Å². The first-order valence-corrected chi connectivity index (χ1v) is 11.2. The lowest BCUT2D eigenvalue weighted by Crippen LogP contribution is -2.56. The Hall–Kier alpha value is -1.64. The SMILES string of the molecule is C[C@@H]1CC[C@@](C)(C(=O)N(C(=O)[C@]2(C)CC[C@H](C)C2(C)C)c2ccccc2)C1(C)C. The van der Waals surface area contributed by atoms with E-state index >= 15 is 0 Å². The zero-order valence-electron chi connectivity index (χ0n) is 19.6. The molecule has 3 heteroatoms. The average molecular weight is 398 g/mol. The quantitative estimate of drug-likeness (QED) is 0.548. The maximum Gasteiger partial charge on any atom is 0.240 e. The highest BCUT2D eigenvalue weighted by atomic mass is 16.2. The van der Waals surface area contributed by atoms with Crippen molar-refractivity contribution in [1.29, 1.82) is 0 Å². The summed E-state index contributed by atoms with van der Waals surface area (Å²) in [6, 6.07) is 9.57. The number of nitrogens with zero attached hydrogens (tertiary/aromatic N) is 1. The molecule has 0 spiro atoms. The van der Waals surface area contributed by atoms with Gasteiger partial charge in [0, 0.05) is 0 Å². The molecular formula is C26H39NO2. The van der Waals surface area contributed by atoms with Crippen LogP contribution in [0.25, 0.3) is 0 Å². The summed E-state index contributed by atoms with van der Waals surface area (Å²) >= 11 is 0. The molecule has 0 aliphatic heterocycles. The fourth-order valence-electron chi connectivity index (χ4n) is 5.63. The highest BCUT2D eigenvalue weighted by molar-refractivity contribution is 6.18. The maximum absolute atomic E-state index is 14.2. The van der Waals surface area contributed by atoms with Gasteiger partial charge in [-0.3, -0.25) is 9.59 Å². The average Bonchev–Trinajstić information content (AvgIpc) is 3.02. The second kappa shape index (κ2) is 6.96. The Morgan fingerprint density at radius 1 is 0.759 bits per heavy atom. The number of hydrogen-bond donors (Lipinski definition) is 0. The summed E-state index contributed by atoms with van der Waals surface area (Å²) in [6.07, 6.45) is 3.69. The Bertz CT molecular complexity index is 748. The third-order valence-corrected chi connectivity index (χ3v) is 9.83. The minimum Gasteiger partial charge on any atom is -0.273 e. The Morgan fingerprint density at radius 3 is 1.45 bits per heavy atom. The molecule has 0 radical (unpaired) electrons. The molecule has 2 fully saturated rings. The van der Waals surface area contributed by atoms with E-state index in [0.717, 1.165) is 25.7 Å². The van der Waals surface area contributed by atoms with E-state index in [-0.39, 0.29) is 22.6 Å². The first-order chi connectivity index (χ1) is 13.3. The van der Waals surface area contributed by atoms with Crippen molar-refractivity contribution in [3.63, 3.8) is 0 Å². The van der Waals surface area contributed by atoms with Crippen molar-refractivity contribution < 1.29 is 9.59 Å². The largest absolute Gasteiger partial charge is 0.273 e. The molecular weight excluding hydrogens is 358 g/mol. The Kier molecular flexibility index (Phi) is 5.29. The molecule has 160 valence electrons. The van der Waals surface area contributed by atoms with Crippen LogP contribution in [0.15, 0.2) is 30.3 Å². The lowest BCUT2D eigenvalue weighted by molar-refractivity contribution is -0.142. The molecule has 1 aromatic rings. The van der Waals surface area contributed by atoms with Crippen molar-refractivity contribution in [2.75, 3.05) is 4.90 Å². The van der Waals surface area contributed by atoms with Crippen molar-refractivity contribution in [3.05, 3.63) is 30.3 Å². The van der Waals surface area contributed by atoms with Gasteiger partial charge in [0.15, 0.2) is 0 Å². The summed E-state index contributed by atoms with van der Waals surface area (Å²) in [5.74, 6) is 0.838. The molecule has 29 heavy (non-hydrogen) atoms. The zero-order valence-corrected chi connectivity index (χ0v) is 19.6. The number of imide groups is 1. The van der Waals surface area contributed by atoms with Gasteiger partial charge in [-0.2, -0.15) is 0 Å². The van der Waals surface area contributed by atoms with E-state index in [1.807, 2.05) is 30.3 Å². The van der Waals surface area contributed by atoms with Crippen molar-refractivity contribution in [2.24, 2.45) is 33.5 Å². The minimum atomic E-state index is -0.553. The Morgan fingerprint density at radius 2 is 1.14 bits per heavy atom. The van der Waals surface area contributed by atoms with E-state index in [2.05, 4.69) is 55.4 Å². The van der Waals surface area contributed by atoms with E-state index in [9.17, 15) is 9.59 Å². The molecule has 0 aromatic heterocycles. The van der Waals surface area contributed by atoms with E-state index in [4.69, 9.17) is 0 Å². The summed E-state index contributed by atoms with van der Waals surface area (Å²) in [4.78, 5) is 29.9. The molecule has 1 aromatic carbocycles. The van der Waals surface area contributed by atoms with Gasteiger partial charge in [-0.25, -0.2) is 4.90 Å². The van der Waals surface area contributed by atoms with Gasteiger partial charge in [-0.05, 0) is 60.5 Å². The standard InChI is InChI=1S/C26H39NO2/c1-18-14-16-25(7,23(18,3)4)21(28)27(20-12-10-9-11-13-20)22(29)26(8)17-15-19(2)24(26,5)6/h9-13,18-19H,14-17H2,1-8H3/t18-,19+,25-,26-/m0/s1.